The molecule has 5 atom stereocenters. The molecule has 0 aliphatic carbocycles. The van der Waals surface area contributed by atoms with Crippen LogP contribution in [-0.2, 0) is 18.8 Å². The Morgan fingerprint density at radius 2 is 1.85 bits per heavy atom. The first kappa shape index (κ1) is 23.0. The van der Waals surface area contributed by atoms with Crippen LogP contribution in [0.25, 0.3) is 11.0 Å². The summed E-state index contributed by atoms with van der Waals surface area (Å²) >= 11 is 0. The van der Waals surface area contributed by atoms with Gasteiger partial charge in [0.1, 0.15) is 23.8 Å². The van der Waals surface area contributed by atoms with Gasteiger partial charge in [-0.15, -0.1) is 0 Å². The summed E-state index contributed by atoms with van der Waals surface area (Å²) < 4.78 is 31.9. The van der Waals surface area contributed by atoms with Crippen LogP contribution in [0.4, 0.5) is 10.5 Å². The molecule has 0 radical (unpaired) electrons. The zero-order valence-corrected chi connectivity index (χ0v) is 19.2. The number of amides is 2. The number of imidazole rings is 1. The van der Waals surface area contributed by atoms with Gasteiger partial charge in [-0.05, 0) is 19.1 Å². The fraction of sp³-hybridized carbons (Fsp3) is 0.364. The first-order valence-corrected chi connectivity index (χ1v) is 12.7. The number of carbonyl (C=O) groups is 1. The Bertz CT molecular complexity index is 1230. The highest BCUT2D eigenvalue weighted by atomic mass is 31.2. The molecule has 3 aromatic rings. The van der Waals surface area contributed by atoms with E-state index in [0.717, 1.165) is 5.56 Å². The molecule has 0 saturated carbocycles. The lowest BCUT2D eigenvalue weighted by atomic mass is 10.1. The molecule has 11 nitrogen and oxygen atoms in total. The Balaban J connectivity index is 1.48. The lowest BCUT2D eigenvalue weighted by Gasteiger charge is -2.22. The number of fused-ring (bicyclic) bond motifs is 2. The number of hydrogen-bond donors (Lipinski definition) is 4. The zero-order valence-electron chi connectivity index (χ0n) is 18.3. The highest BCUT2D eigenvalue weighted by molar-refractivity contribution is 7.51. The van der Waals surface area contributed by atoms with Crippen LogP contribution in [0.15, 0.2) is 54.9 Å². The monoisotopic (exact) mass is 488 g/mol. The van der Waals surface area contributed by atoms with Gasteiger partial charge in [0.15, 0.2) is 12.5 Å². The van der Waals surface area contributed by atoms with E-state index in [9.17, 15) is 19.1 Å². The number of rotatable bonds is 6. The van der Waals surface area contributed by atoms with Crippen LogP contribution in [-0.4, -0.2) is 56.4 Å². The molecule has 2 aliphatic heterocycles. The summed E-state index contributed by atoms with van der Waals surface area (Å²) in [6, 6.07) is 14.3. The molecule has 2 saturated heterocycles. The first-order valence-electron chi connectivity index (χ1n) is 10.9. The Labute approximate surface area is 195 Å². The number of para-hydroxylation sites is 1. The molecule has 0 spiro atoms. The molecule has 2 amide bonds. The van der Waals surface area contributed by atoms with Crippen molar-refractivity contribution in [3.8, 4) is 0 Å². The Morgan fingerprint density at radius 1 is 1.09 bits per heavy atom. The van der Waals surface area contributed by atoms with Crippen LogP contribution in [0.2, 0.25) is 0 Å². The lowest BCUT2D eigenvalue weighted by molar-refractivity contribution is -0.143. The fourth-order valence-corrected chi connectivity index (χ4v) is 5.16. The highest BCUT2D eigenvalue weighted by Gasteiger charge is 2.55. The topological polar surface area (TPSA) is 144 Å². The molecule has 0 bridgehead atoms. The number of carbonyl (C=O) groups excluding carboxylic acids is 1. The number of nitrogens with one attached hydrogen (secondary N) is 2. The average Bonchev–Trinajstić information content (AvgIpc) is 3.49. The third-order valence-corrected chi connectivity index (χ3v) is 6.64. The minimum atomic E-state index is -4.38. The van der Waals surface area contributed by atoms with E-state index in [1.165, 1.54) is 0 Å². The summed E-state index contributed by atoms with van der Waals surface area (Å²) in [6.07, 6.45) is -2.54. The van der Waals surface area contributed by atoms with Crippen LogP contribution < -0.4 is 10.6 Å². The summed E-state index contributed by atoms with van der Waals surface area (Å²) in [7, 11) is -4.38. The molecule has 5 rings (SSSR count). The van der Waals surface area contributed by atoms with Crippen LogP contribution in [0.3, 0.4) is 0 Å². The predicted octanol–water partition coefficient (Wildman–Crippen LogP) is 2.74. The van der Waals surface area contributed by atoms with Gasteiger partial charge in [-0.25, -0.2) is 9.78 Å². The van der Waals surface area contributed by atoms with Crippen LogP contribution >= 0.6 is 7.60 Å². The molecular formula is C22H25N4O7P. The summed E-state index contributed by atoms with van der Waals surface area (Å²) in [5.74, 6) is 0. The molecule has 2 aliphatic rings. The Kier molecular flexibility index (Phi) is 6.15. The fourth-order valence-electron chi connectivity index (χ4n) is 4.40. The summed E-state index contributed by atoms with van der Waals surface area (Å²) in [6.45, 7) is 2.30. The van der Waals surface area contributed by atoms with Crippen molar-refractivity contribution in [2.75, 3.05) is 18.0 Å². The number of ether oxygens (including phenoxy) is 3. The van der Waals surface area contributed by atoms with Crippen molar-refractivity contribution in [1.82, 2.24) is 14.9 Å². The number of hydrogen-bond acceptors (Lipinski definition) is 6. The van der Waals surface area contributed by atoms with E-state index in [1.807, 2.05) is 43.3 Å². The normalized spacial score (nSPS) is 26.5. The SMILES string of the molecule is CCNC(=O)Nc1cccc2c1ncn2[C@@H]1O[C@H](CP(=O)(O)O)C2O[C@H](c3ccccc3)OC21. The van der Waals surface area contributed by atoms with Crippen molar-refractivity contribution in [3.05, 3.63) is 60.4 Å². The van der Waals surface area contributed by atoms with Gasteiger partial charge >= 0.3 is 13.6 Å². The quantitative estimate of drug-likeness (QED) is 0.388. The van der Waals surface area contributed by atoms with Gasteiger partial charge in [0, 0.05) is 12.1 Å². The van der Waals surface area contributed by atoms with Gasteiger partial charge < -0.3 is 39.2 Å². The summed E-state index contributed by atoms with van der Waals surface area (Å²) in [5.41, 5.74) is 2.54. The maximum Gasteiger partial charge on any atom is 0.328 e. The molecule has 12 heteroatoms. The lowest BCUT2D eigenvalue weighted by Crippen LogP contribution is -2.30. The van der Waals surface area contributed by atoms with E-state index in [1.54, 1.807) is 23.0 Å². The van der Waals surface area contributed by atoms with Gasteiger partial charge in [0.25, 0.3) is 0 Å². The molecule has 2 fully saturated rings. The molecule has 2 unspecified atom stereocenters. The van der Waals surface area contributed by atoms with Crippen molar-refractivity contribution in [3.63, 3.8) is 0 Å². The first-order chi connectivity index (χ1) is 16.3. The van der Waals surface area contributed by atoms with Gasteiger partial charge in [0.2, 0.25) is 0 Å². The number of urea groups is 1. The largest absolute Gasteiger partial charge is 0.348 e. The Morgan fingerprint density at radius 3 is 2.59 bits per heavy atom. The van der Waals surface area contributed by atoms with Gasteiger partial charge in [-0.3, -0.25) is 4.57 Å². The van der Waals surface area contributed by atoms with Crippen molar-refractivity contribution in [2.24, 2.45) is 0 Å². The second-order valence-corrected chi connectivity index (χ2v) is 9.86. The Hall–Kier alpha value is -2.79. The zero-order chi connectivity index (χ0) is 23.9. The third-order valence-electron chi connectivity index (χ3n) is 5.80. The van der Waals surface area contributed by atoms with Crippen molar-refractivity contribution >= 4 is 30.3 Å². The molecule has 3 heterocycles. The number of nitrogens with zero attached hydrogens (tertiary/aromatic N) is 2. The number of benzene rings is 2. The van der Waals surface area contributed by atoms with Gasteiger partial charge in [-0.2, -0.15) is 0 Å². The predicted molar refractivity (Wildman–Crippen MR) is 122 cm³/mol. The molecule has 34 heavy (non-hydrogen) atoms. The maximum absolute atomic E-state index is 12.0. The van der Waals surface area contributed by atoms with E-state index in [-0.39, 0.29) is 6.03 Å². The summed E-state index contributed by atoms with van der Waals surface area (Å²) in [4.78, 5) is 35.7. The van der Waals surface area contributed by atoms with E-state index < -0.39 is 44.6 Å². The minimum Gasteiger partial charge on any atom is -0.348 e. The van der Waals surface area contributed by atoms with Gasteiger partial charge in [0.05, 0.1) is 23.7 Å². The second kappa shape index (κ2) is 9.10. The molecule has 180 valence electrons. The summed E-state index contributed by atoms with van der Waals surface area (Å²) in [5, 5.41) is 5.46. The van der Waals surface area contributed by atoms with Crippen molar-refractivity contribution < 1.29 is 33.4 Å². The minimum absolute atomic E-state index is 0.346. The van der Waals surface area contributed by atoms with Crippen molar-refractivity contribution in [1.29, 1.82) is 0 Å². The molecule has 4 N–H and O–H groups in total. The van der Waals surface area contributed by atoms with E-state index >= 15 is 0 Å². The van der Waals surface area contributed by atoms with Crippen LogP contribution in [0.1, 0.15) is 25.0 Å². The maximum atomic E-state index is 12.0. The van der Waals surface area contributed by atoms with E-state index in [2.05, 4.69) is 15.6 Å². The second-order valence-electron chi connectivity index (χ2n) is 8.17. The number of aromatic nitrogens is 2. The number of anilines is 1. The van der Waals surface area contributed by atoms with Crippen LogP contribution in [0.5, 0.6) is 0 Å². The molecule has 1 aromatic heterocycles. The molecule has 2 aromatic carbocycles. The van der Waals surface area contributed by atoms with Crippen LogP contribution in [0, 0.1) is 0 Å². The average molecular weight is 488 g/mol. The van der Waals surface area contributed by atoms with E-state index in [0.29, 0.717) is 23.3 Å². The standard InChI is InChI=1S/C22H25N4O7P/c1-2-23-22(27)25-14-9-6-10-15-17(14)24-12-26(15)20-19-18(16(31-20)11-34(28,29)30)32-21(33-19)13-7-4-3-5-8-13/h3-10,12,16,18-21H,2,11H2,1H3,(H2,23,25,27)(H2,28,29,30)/t16-,18?,19?,20-,21+/m1/s1. The van der Waals surface area contributed by atoms with Crippen molar-refractivity contribution in [2.45, 2.75) is 37.8 Å². The highest BCUT2D eigenvalue weighted by Crippen LogP contribution is 2.48. The smallest absolute Gasteiger partial charge is 0.328 e. The third kappa shape index (κ3) is 4.46. The van der Waals surface area contributed by atoms with Gasteiger partial charge in [-0.1, -0.05) is 36.4 Å². The molecular weight excluding hydrogens is 463 g/mol. The van der Waals surface area contributed by atoms with E-state index in [4.69, 9.17) is 14.2 Å².